The molecule has 0 radical (unpaired) electrons. The lowest BCUT2D eigenvalue weighted by molar-refractivity contribution is -0.129. The van der Waals surface area contributed by atoms with Crippen molar-refractivity contribution in [2.24, 2.45) is 0 Å². The maximum Gasteiger partial charge on any atom is 0.222 e. The van der Waals surface area contributed by atoms with Crippen LogP contribution in [0.5, 0.6) is 0 Å². The van der Waals surface area contributed by atoms with E-state index in [1.807, 2.05) is 4.90 Å². The lowest BCUT2D eigenvalue weighted by Crippen LogP contribution is -2.33. The predicted molar refractivity (Wildman–Crippen MR) is 54.2 cm³/mol. The van der Waals surface area contributed by atoms with Crippen LogP contribution in [0.25, 0.3) is 0 Å². The smallest absolute Gasteiger partial charge is 0.222 e. The van der Waals surface area contributed by atoms with Crippen molar-refractivity contribution in [3.8, 4) is 0 Å². The Kier molecular flexibility index (Phi) is 7.05. The van der Waals surface area contributed by atoms with Gasteiger partial charge in [-0.25, -0.2) is 0 Å². The number of carbonyl (C=O) groups excluding carboxylic acids is 1. The summed E-state index contributed by atoms with van der Waals surface area (Å²) in [5.41, 5.74) is 0. The van der Waals surface area contributed by atoms with Gasteiger partial charge in [0, 0.05) is 19.0 Å². The molecule has 1 fully saturated rings. The highest BCUT2D eigenvalue weighted by molar-refractivity contribution is 5.78. The molecule has 0 aromatic rings. The summed E-state index contributed by atoms with van der Waals surface area (Å²) in [6.45, 7) is 5.22. The van der Waals surface area contributed by atoms with Crippen molar-refractivity contribution < 1.29 is 4.79 Å². The van der Waals surface area contributed by atoms with Gasteiger partial charge in [-0.15, -0.1) is 0 Å². The maximum absolute atomic E-state index is 11.1. The largest absolute Gasteiger partial charge is 0.340 e. The van der Waals surface area contributed by atoms with Gasteiger partial charge in [0.25, 0.3) is 0 Å². The third-order valence-electron chi connectivity index (χ3n) is 2.23. The van der Waals surface area contributed by atoms with Gasteiger partial charge in [0.2, 0.25) is 5.91 Å². The van der Waals surface area contributed by atoms with E-state index >= 15 is 0 Å². The first-order valence-electron chi connectivity index (χ1n) is 4.05. The van der Waals surface area contributed by atoms with Gasteiger partial charge in [-0.3, -0.25) is 4.79 Å². The van der Waals surface area contributed by atoms with Crippen LogP contribution in [0.2, 0.25) is 0 Å². The van der Waals surface area contributed by atoms with Crippen LogP contribution in [0.15, 0.2) is 0 Å². The van der Waals surface area contributed by atoms with Crippen molar-refractivity contribution in [2.45, 2.75) is 54.0 Å². The second-order valence-corrected chi connectivity index (χ2v) is 2.95. The van der Waals surface area contributed by atoms with E-state index in [2.05, 4.69) is 13.8 Å². The summed E-state index contributed by atoms with van der Waals surface area (Å²) in [4.78, 5) is 13.1. The molecule has 2 nitrogen and oxygen atoms in total. The van der Waals surface area contributed by atoms with Crippen LogP contribution in [-0.2, 0) is 4.79 Å². The van der Waals surface area contributed by atoms with Gasteiger partial charge in [0.05, 0.1) is 0 Å². The first-order valence-corrected chi connectivity index (χ1v) is 4.05. The molecular formula is C10H23NO. The molecule has 12 heavy (non-hydrogen) atoms. The fourth-order valence-electron chi connectivity index (χ4n) is 1.36. The third-order valence-corrected chi connectivity index (χ3v) is 2.23. The zero-order valence-electron chi connectivity index (χ0n) is 6.76. The average molecular weight is 173 g/mol. The molecule has 0 bridgehead atoms. The minimum atomic E-state index is 0. The summed E-state index contributed by atoms with van der Waals surface area (Å²) >= 11 is 0. The summed E-state index contributed by atoms with van der Waals surface area (Å²) in [5, 5.41) is 0. The summed E-state index contributed by atoms with van der Waals surface area (Å²) in [5.74, 6) is 0.342. The van der Waals surface area contributed by atoms with Gasteiger partial charge in [-0.1, -0.05) is 21.8 Å². The lowest BCUT2D eigenvalue weighted by atomic mass is 10.2. The number of likely N-dealkylation sites (tertiary alicyclic amines) is 1. The molecule has 1 amide bonds. The quantitative estimate of drug-likeness (QED) is 0.628. The van der Waals surface area contributed by atoms with Crippen LogP contribution >= 0.6 is 0 Å². The van der Waals surface area contributed by atoms with Crippen LogP contribution in [-0.4, -0.2) is 23.4 Å². The molecule has 0 aliphatic carbocycles. The van der Waals surface area contributed by atoms with Crippen molar-refractivity contribution >= 4 is 5.91 Å². The molecule has 1 saturated heterocycles. The Bertz CT molecular complexity index is 134. The Morgan fingerprint density at radius 3 is 2.42 bits per heavy atom. The first-order chi connectivity index (χ1) is 4.75. The van der Waals surface area contributed by atoms with E-state index in [-0.39, 0.29) is 14.9 Å². The van der Waals surface area contributed by atoms with Gasteiger partial charge in [-0.2, -0.15) is 0 Å². The van der Waals surface area contributed by atoms with Crippen molar-refractivity contribution in [1.29, 1.82) is 0 Å². The third kappa shape index (κ3) is 2.84. The van der Waals surface area contributed by atoms with Gasteiger partial charge in [0.1, 0.15) is 0 Å². The van der Waals surface area contributed by atoms with E-state index in [1.165, 1.54) is 0 Å². The van der Waals surface area contributed by atoms with Crippen molar-refractivity contribution in [3.63, 3.8) is 0 Å². The number of hydrogen-bond donors (Lipinski definition) is 0. The van der Waals surface area contributed by atoms with E-state index < -0.39 is 0 Å². The Morgan fingerprint density at radius 1 is 1.50 bits per heavy atom. The monoisotopic (exact) mass is 173 g/mol. The number of amides is 1. The predicted octanol–water partition coefficient (Wildman–Crippen LogP) is 2.68. The van der Waals surface area contributed by atoms with Crippen LogP contribution < -0.4 is 0 Å². The van der Waals surface area contributed by atoms with Gasteiger partial charge >= 0.3 is 0 Å². The lowest BCUT2D eigenvalue weighted by Gasteiger charge is -2.22. The number of carbonyl (C=O) groups is 1. The van der Waals surface area contributed by atoms with Gasteiger partial charge in [0.15, 0.2) is 0 Å². The normalized spacial score (nSPS) is 18.2. The molecule has 0 saturated carbocycles. The Labute approximate surface area is 77.0 Å². The molecule has 1 rings (SSSR count). The summed E-state index contributed by atoms with van der Waals surface area (Å²) in [6.07, 6.45) is 2.90. The Hall–Kier alpha value is -0.530. The summed E-state index contributed by atoms with van der Waals surface area (Å²) in [6, 6.07) is 0.454. The summed E-state index contributed by atoms with van der Waals surface area (Å²) < 4.78 is 0. The van der Waals surface area contributed by atoms with E-state index in [0.29, 0.717) is 11.9 Å². The molecule has 2 heteroatoms. The molecule has 0 N–H and O–H groups in total. The van der Waals surface area contributed by atoms with Gasteiger partial charge in [-0.05, 0) is 19.8 Å². The highest BCUT2D eigenvalue weighted by atomic mass is 16.2. The van der Waals surface area contributed by atoms with E-state index in [0.717, 1.165) is 25.8 Å². The number of nitrogens with zero attached hydrogens (tertiary/aromatic N) is 1. The van der Waals surface area contributed by atoms with Crippen molar-refractivity contribution in [3.05, 3.63) is 0 Å². The zero-order valence-corrected chi connectivity index (χ0v) is 6.76. The van der Waals surface area contributed by atoms with E-state index in [9.17, 15) is 4.79 Å². The summed E-state index contributed by atoms with van der Waals surface area (Å²) in [7, 11) is 0. The topological polar surface area (TPSA) is 20.3 Å². The van der Waals surface area contributed by atoms with E-state index in [1.54, 1.807) is 0 Å². The minimum absolute atomic E-state index is 0. The van der Waals surface area contributed by atoms with Crippen LogP contribution in [0.1, 0.15) is 48.0 Å². The van der Waals surface area contributed by atoms with Crippen LogP contribution in [0, 0.1) is 0 Å². The molecule has 0 aromatic heterocycles. The van der Waals surface area contributed by atoms with E-state index in [4.69, 9.17) is 0 Å². The molecule has 1 atom stereocenters. The molecule has 1 aliphatic rings. The second-order valence-electron chi connectivity index (χ2n) is 2.95. The Balaban J connectivity index is 0. The van der Waals surface area contributed by atoms with Crippen LogP contribution in [0.3, 0.4) is 0 Å². The van der Waals surface area contributed by atoms with Crippen molar-refractivity contribution in [1.82, 2.24) is 4.90 Å². The SMILES string of the molecule is C.C.CCC(C)N1CCCC1=O. The molecule has 74 valence electrons. The van der Waals surface area contributed by atoms with Crippen molar-refractivity contribution in [2.75, 3.05) is 6.54 Å². The second kappa shape index (κ2) is 6.04. The van der Waals surface area contributed by atoms with Gasteiger partial charge < -0.3 is 4.90 Å². The fourth-order valence-corrected chi connectivity index (χ4v) is 1.36. The molecule has 0 spiro atoms. The molecule has 1 unspecified atom stereocenters. The maximum atomic E-state index is 11.1. The molecular weight excluding hydrogens is 150 g/mol. The Morgan fingerprint density at radius 2 is 2.08 bits per heavy atom. The average Bonchev–Trinajstić information content (AvgIpc) is 2.34. The van der Waals surface area contributed by atoms with Crippen LogP contribution in [0.4, 0.5) is 0 Å². The highest BCUT2D eigenvalue weighted by Gasteiger charge is 2.23. The first kappa shape index (κ1) is 14.0. The zero-order chi connectivity index (χ0) is 7.56. The number of hydrogen-bond acceptors (Lipinski definition) is 1. The minimum Gasteiger partial charge on any atom is -0.340 e. The molecule has 0 aromatic carbocycles. The molecule has 1 heterocycles. The fraction of sp³-hybridized carbons (Fsp3) is 0.900. The highest BCUT2D eigenvalue weighted by Crippen LogP contribution is 2.14. The standard InChI is InChI=1S/C8H15NO.2CH4/c1-3-7(2)9-6-4-5-8(9)10;;/h7H,3-6H2,1-2H3;2*1H4. The number of rotatable bonds is 2. The molecule has 1 aliphatic heterocycles.